The Balaban J connectivity index is 1.69. The van der Waals surface area contributed by atoms with Crippen LogP contribution in [0.1, 0.15) is 30.4 Å². The van der Waals surface area contributed by atoms with Gasteiger partial charge in [-0.3, -0.25) is 4.79 Å². The van der Waals surface area contributed by atoms with Crippen LogP contribution in [-0.2, 0) is 19.1 Å². The van der Waals surface area contributed by atoms with Crippen LogP contribution >= 0.6 is 0 Å². The molecule has 0 fully saturated rings. The van der Waals surface area contributed by atoms with Crippen LogP contribution in [0.2, 0.25) is 0 Å². The lowest BCUT2D eigenvalue weighted by Crippen LogP contribution is -2.62. The lowest BCUT2D eigenvalue weighted by Gasteiger charge is -2.30. The van der Waals surface area contributed by atoms with E-state index in [1.54, 1.807) is 0 Å². The number of methoxy groups -OCH3 is 1. The summed E-state index contributed by atoms with van der Waals surface area (Å²) in [6.45, 7) is 0.937. The van der Waals surface area contributed by atoms with E-state index in [0.717, 1.165) is 22.3 Å². The van der Waals surface area contributed by atoms with Gasteiger partial charge >= 0.3 is 12.1 Å². The number of hydrogen-bond acceptors (Lipinski definition) is 5. The predicted molar refractivity (Wildman–Crippen MR) is 119 cm³/mol. The summed E-state index contributed by atoms with van der Waals surface area (Å²) >= 11 is 0. The van der Waals surface area contributed by atoms with Gasteiger partial charge in [0.05, 0.1) is 6.61 Å². The maximum absolute atomic E-state index is 12.7. The van der Waals surface area contributed by atoms with Gasteiger partial charge in [0.25, 0.3) is 0 Å². The summed E-state index contributed by atoms with van der Waals surface area (Å²) in [6, 6.07) is 13.7. The van der Waals surface area contributed by atoms with E-state index in [-0.39, 0.29) is 19.1 Å². The van der Waals surface area contributed by atoms with Crippen LogP contribution in [0.4, 0.5) is 13.6 Å². The molecule has 2 aromatic carbocycles. The molecular weight excluding hydrogens is 450 g/mol. The number of carbonyl (C=O) groups is 3. The van der Waals surface area contributed by atoms with E-state index in [9.17, 15) is 23.2 Å². The van der Waals surface area contributed by atoms with Crippen LogP contribution in [0.3, 0.4) is 0 Å². The lowest BCUT2D eigenvalue weighted by molar-refractivity contribution is -0.144. The normalized spacial score (nSPS) is 15.1. The third-order valence-electron chi connectivity index (χ3n) is 5.67. The Morgan fingerprint density at radius 3 is 2.12 bits per heavy atom. The van der Waals surface area contributed by atoms with E-state index in [0.29, 0.717) is 0 Å². The zero-order valence-electron chi connectivity index (χ0n) is 18.7. The van der Waals surface area contributed by atoms with Gasteiger partial charge in [-0.15, -0.1) is 0 Å². The Morgan fingerprint density at radius 1 is 1.06 bits per heavy atom. The third-order valence-corrected chi connectivity index (χ3v) is 5.67. The van der Waals surface area contributed by atoms with E-state index >= 15 is 0 Å². The predicted octanol–water partition coefficient (Wildman–Crippen LogP) is 3.15. The molecule has 182 valence electrons. The smallest absolute Gasteiger partial charge is 0.408 e. The van der Waals surface area contributed by atoms with Crippen molar-refractivity contribution in [3.8, 4) is 11.1 Å². The minimum Gasteiger partial charge on any atom is -0.480 e. The molecular formula is C24H26F2N2O6. The van der Waals surface area contributed by atoms with Crippen LogP contribution < -0.4 is 10.6 Å². The van der Waals surface area contributed by atoms with E-state index in [1.807, 2.05) is 53.8 Å². The number of carbonyl (C=O) groups excluding carboxylic acids is 2. The van der Waals surface area contributed by atoms with Crippen LogP contribution in [0, 0.1) is 0 Å². The highest BCUT2D eigenvalue weighted by molar-refractivity contribution is 5.92. The summed E-state index contributed by atoms with van der Waals surface area (Å²) in [5.74, 6) is -2.81. The summed E-state index contributed by atoms with van der Waals surface area (Å²) in [5.41, 5.74) is 2.35. The average molecular weight is 476 g/mol. The van der Waals surface area contributed by atoms with Crippen molar-refractivity contribution in [3.63, 3.8) is 0 Å². The molecule has 2 atom stereocenters. The SMILES string of the molecule is COCC(C)(NC(=O)OCC1c2ccccc2-c2ccccc21)C(=O)NC(CC(F)F)C(=O)O. The minimum atomic E-state index is -2.94. The molecule has 0 saturated heterocycles. The van der Waals surface area contributed by atoms with Gasteiger partial charge in [0.15, 0.2) is 0 Å². The van der Waals surface area contributed by atoms with Crippen molar-refractivity contribution in [3.05, 3.63) is 59.7 Å². The second-order valence-electron chi connectivity index (χ2n) is 8.21. The number of fused-ring (bicyclic) bond motifs is 3. The summed E-state index contributed by atoms with van der Waals surface area (Å²) in [5, 5.41) is 13.5. The quantitative estimate of drug-likeness (QED) is 0.486. The Kier molecular flexibility index (Phi) is 7.83. The van der Waals surface area contributed by atoms with E-state index in [1.165, 1.54) is 14.0 Å². The Labute approximate surface area is 195 Å². The first-order valence-electron chi connectivity index (χ1n) is 10.6. The number of alkyl carbamates (subject to hydrolysis) is 1. The molecule has 1 aliphatic carbocycles. The molecule has 0 aromatic heterocycles. The third kappa shape index (κ3) is 5.51. The maximum Gasteiger partial charge on any atom is 0.408 e. The number of halogens is 2. The Bertz CT molecular complexity index is 1020. The second kappa shape index (κ2) is 10.6. The number of alkyl halides is 2. The standard InChI is InChI=1S/C24H26F2N2O6/c1-24(13-33-2,22(31)27-19(21(29)30)11-20(25)26)28-23(32)34-12-18-16-9-5-3-7-14(16)15-8-4-6-10-17(15)18/h3-10,18-20H,11-13H2,1-2H3,(H,27,31)(H,28,32)(H,29,30). The van der Waals surface area contributed by atoms with Crippen LogP contribution in [0.15, 0.2) is 48.5 Å². The van der Waals surface area contributed by atoms with Gasteiger partial charge in [0, 0.05) is 19.4 Å². The molecule has 0 radical (unpaired) electrons. The van der Waals surface area contributed by atoms with Crippen molar-refractivity contribution in [2.45, 2.75) is 37.3 Å². The first-order chi connectivity index (χ1) is 16.2. The number of ether oxygens (including phenoxy) is 2. The monoisotopic (exact) mass is 476 g/mol. The minimum absolute atomic E-state index is 0.00628. The zero-order chi connectivity index (χ0) is 24.9. The number of amides is 2. The first-order valence-corrected chi connectivity index (χ1v) is 10.6. The highest BCUT2D eigenvalue weighted by atomic mass is 19.3. The number of rotatable bonds is 10. The molecule has 1 aliphatic rings. The molecule has 0 saturated carbocycles. The molecule has 0 bridgehead atoms. The van der Waals surface area contributed by atoms with Gasteiger partial charge < -0.3 is 25.2 Å². The Hall–Kier alpha value is -3.53. The molecule has 3 rings (SSSR count). The van der Waals surface area contributed by atoms with E-state index in [2.05, 4.69) is 5.32 Å². The van der Waals surface area contributed by atoms with Gasteiger partial charge in [-0.05, 0) is 29.2 Å². The summed E-state index contributed by atoms with van der Waals surface area (Å²) in [6.07, 6.45) is -4.95. The fourth-order valence-electron chi connectivity index (χ4n) is 4.02. The molecule has 8 nitrogen and oxygen atoms in total. The second-order valence-corrected chi connectivity index (χ2v) is 8.21. The highest BCUT2D eigenvalue weighted by Gasteiger charge is 2.39. The first kappa shape index (κ1) is 25.1. The van der Waals surface area contributed by atoms with Crippen LogP contribution in [0.5, 0.6) is 0 Å². The molecule has 3 N–H and O–H groups in total. The van der Waals surface area contributed by atoms with E-state index in [4.69, 9.17) is 14.6 Å². The summed E-state index contributed by atoms with van der Waals surface area (Å²) in [4.78, 5) is 36.6. The van der Waals surface area contributed by atoms with Crippen LogP contribution in [0.25, 0.3) is 11.1 Å². The van der Waals surface area contributed by atoms with Crippen molar-refractivity contribution in [2.24, 2.45) is 0 Å². The molecule has 10 heteroatoms. The van der Waals surface area contributed by atoms with Gasteiger partial charge in [0.2, 0.25) is 12.3 Å². The van der Waals surface area contributed by atoms with Crippen molar-refractivity contribution >= 4 is 18.0 Å². The number of aliphatic carboxylic acids is 1. The lowest BCUT2D eigenvalue weighted by atomic mass is 9.98. The van der Waals surface area contributed by atoms with E-state index < -0.39 is 42.4 Å². The number of nitrogens with one attached hydrogen (secondary N) is 2. The molecule has 2 unspecified atom stereocenters. The fraction of sp³-hybridized carbons (Fsp3) is 0.375. The van der Waals surface area contributed by atoms with Crippen molar-refractivity contribution < 1.29 is 37.7 Å². The fourth-order valence-corrected chi connectivity index (χ4v) is 4.02. The number of carboxylic acid groups (broad SMARTS) is 1. The average Bonchev–Trinajstić information content (AvgIpc) is 3.10. The van der Waals surface area contributed by atoms with Crippen molar-refractivity contribution in [1.29, 1.82) is 0 Å². The van der Waals surface area contributed by atoms with Crippen molar-refractivity contribution in [2.75, 3.05) is 20.3 Å². The molecule has 0 aliphatic heterocycles. The molecule has 2 amide bonds. The number of benzene rings is 2. The Morgan fingerprint density at radius 2 is 1.62 bits per heavy atom. The zero-order valence-corrected chi connectivity index (χ0v) is 18.7. The van der Waals surface area contributed by atoms with Gasteiger partial charge in [-0.2, -0.15) is 0 Å². The van der Waals surface area contributed by atoms with Gasteiger partial charge in [0.1, 0.15) is 18.2 Å². The highest BCUT2D eigenvalue weighted by Crippen LogP contribution is 2.44. The van der Waals surface area contributed by atoms with Crippen molar-refractivity contribution in [1.82, 2.24) is 10.6 Å². The number of carboxylic acids is 1. The topological polar surface area (TPSA) is 114 Å². The molecule has 34 heavy (non-hydrogen) atoms. The van der Waals surface area contributed by atoms with Gasteiger partial charge in [-0.1, -0.05) is 48.5 Å². The summed E-state index contributed by atoms with van der Waals surface area (Å²) < 4.78 is 35.8. The molecule has 0 heterocycles. The largest absolute Gasteiger partial charge is 0.480 e. The van der Waals surface area contributed by atoms with Gasteiger partial charge in [-0.25, -0.2) is 18.4 Å². The maximum atomic E-state index is 12.7. The molecule has 2 aromatic rings. The number of hydrogen-bond donors (Lipinski definition) is 3. The summed E-state index contributed by atoms with van der Waals surface area (Å²) in [7, 11) is 1.28. The van der Waals surface area contributed by atoms with Crippen LogP contribution in [-0.4, -0.2) is 61.4 Å². The molecule has 0 spiro atoms.